The van der Waals surface area contributed by atoms with Crippen LogP contribution in [-0.4, -0.2) is 41.4 Å². The SMILES string of the molecule is CNC(=O)c1cc2c(c(F)c1-c1c(Cl)c(F)cc3c1C[C@@](CN[C@H]1CC[C@](C)(O)CC1)(c1ccccc1)O3)[C@H](O)[C@H](C)C2. The second kappa shape index (κ2) is 11.1. The third-order valence-electron chi connectivity index (χ3n) is 9.58. The largest absolute Gasteiger partial charge is 0.480 e. The normalized spacial score (nSPS) is 27.9. The van der Waals surface area contributed by atoms with Crippen LogP contribution >= 0.6 is 11.6 Å². The highest BCUT2D eigenvalue weighted by molar-refractivity contribution is 6.34. The molecular formula is C34H37ClF2N2O4. The van der Waals surface area contributed by atoms with Gasteiger partial charge in [-0.05, 0) is 62.1 Å². The Kier molecular flexibility index (Phi) is 7.78. The van der Waals surface area contributed by atoms with Crippen LogP contribution in [0.4, 0.5) is 8.78 Å². The van der Waals surface area contributed by atoms with Gasteiger partial charge in [0, 0.05) is 54.4 Å². The summed E-state index contributed by atoms with van der Waals surface area (Å²) in [7, 11) is 1.45. The van der Waals surface area contributed by atoms with Crippen molar-refractivity contribution in [3.8, 4) is 16.9 Å². The first-order chi connectivity index (χ1) is 20.4. The van der Waals surface area contributed by atoms with Gasteiger partial charge in [-0.3, -0.25) is 4.79 Å². The van der Waals surface area contributed by atoms with Gasteiger partial charge in [-0.25, -0.2) is 8.78 Å². The molecule has 0 bridgehead atoms. The Balaban J connectivity index is 1.48. The fourth-order valence-electron chi connectivity index (χ4n) is 7.06. The van der Waals surface area contributed by atoms with E-state index in [0.29, 0.717) is 36.9 Å². The van der Waals surface area contributed by atoms with Crippen molar-refractivity contribution in [3.63, 3.8) is 0 Å². The van der Waals surface area contributed by atoms with Crippen molar-refractivity contribution in [2.24, 2.45) is 5.92 Å². The molecule has 0 aromatic heterocycles. The zero-order chi connectivity index (χ0) is 30.7. The number of ether oxygens (including phenoxy) is 1. The van der Waals surface area contributed by atoms with Crippen molar-refractivity contribution < 1.29 is 28.5 Å². The van der Waals surface area contributed by atoms with E-state index in [2.05, 4.69) is 10.6 Å². The van der Waals surface area contributed by atoms with E-state index in [0.717, 1.165) is 18.4 Å². The van der Waals surface area contributed by atoms with Gasteiger partial charge in [0.2, 0.25) is 0 Å². The van der Waals surface area contributed by atoms with E-state index in [1.54, 1.807) is 6.07 Å². The Morgan fingerprint density at radius 3 is 2.51 bits per heavy atom. The minimum absolute atomic E-state index is 0.0272. The van der Waals surface area contributed by atoms with Crippen molar-refractivity contribution in [1.29, 1.82) is 0 Å². The fraction of sp³-hybridized carbons (Fsp3) is 0.441. The van der Waals surface area contributed by atoms with E-state index in [1.807, 2.05) is 44.2 Å². The van der Waals surface area contributed by atoms with Gasteiger partial charge in [0.15, 0.2) is 5.60 Å². The molecule has 1 aliphatic heterocycles. The maximum Gasteiger partial charge on any atom is 0.251 e. The first-order valence-electron chi connectivity index (χ1n) is 14.9. The third kappa shape index (κ3) is 5.22. The summed E-state index contributed by atoms with van der Waals surface area (Å²) in [6.07, 6.45) is 2.55. The summed E-state index contributed by atoms with van der Waals surface area (Å²) >= 11 is 6.65. The Bertz CT molecular complexity index is 1570. The topological polar surface area (TPSA) is 90.8 Å². The summed E-state index contributed by atoms with van der Waals surface area (Å²) in [5, 5.41) is 27.2. The molecule has 3 atom stereocenters. The van der Waals surface area contributed by atoms with Gasteiger partial charge in [-0.15, -0.1) is 0 Å². The highest BCUT2D eigenvalue weighted by Crippen LogP contribution is 2.52. The van der Waals surface area contributed by atoms with Crippen LogP contribution in [0.5, 0.6) is 5.75 Å². The molecule has 6 rings (SSSR count). The van der Waals surface area contributed by atoms with Crippen molar-refractivity contribution in [1.82, 2.24) is 10.6 Å². The zero-order valence-electron chi connectivity index (χ0n) is 24.6. The van der Waals surface area contributed by atoms with Gasteiger partial charge >= 0.3 is 0 Å². The molecule has 1 saturated carbocycles. The maximum absolute atomic E-state index is 16.6. The van der Waals surface area contributed by atoms with Crippen LogP contribution < -0.4 is 15.4 Å². The fourth-order valence-corrected chi connectivity index (χ4v) is 7.33. The minimum Gasteiger partial charge on any atom is -0.480 e. The molecule has 9 heteroatoms. The first-order valence-corrected chi connectivity index (χ1v) is 15.3. The molecule has 6 nitrogen and oxygen atoms in total. The monoisotopic (exact) mass is 610 g/mol. The van der Waals surface area contributed by atoms with Crippen LogP contribution in [0.2, 0.25) is 5.02 Å². The molecule has 4 N–H and O–H groups in total. The molecule has 1 amide bonds. The molecule has 3 aromatic carbocycles. The van der Waals surface area contributed by atoms with Crippen LogP contribution in [-0.2, 0) is 18.4 Å². The predicted octanol–water partition coefficient (Wildman–Crippen LogP) is 5.98. The number of rotatable bonds is 6. The van der Waals surface area contributed by atoms with Crippen molar-refractivity contribution >= 4 is 17.5 Å². The summed E-state index contributed by atoms with van der Waals surface area (Å²) in [6, 6.07) is 12.6. The van der Waals surface area contributed by atoms with Gasteiger partial charge < -0.3 is 25.6 Å². The molecule has 2 aliphatic carbocycles. The number of hydrogen-bond donors (Lipinski definition) is 4. The Labute approximate surface area is 255 Å². The molecule has 0 radical (unpaired) electrons. The number of halogens is 3. The molecule has 43 heavy (non-hydrogen) atoms. The number of carbonyl (C=O) groups excluding carboxylic acids is 1. The number of fused-ring (bicyclic) bond motifs is 2. The molecule has 0 unspecified atom stereocenters. The molecule has 0 spiro atoms. The van der Waals surface area contributed by atoms with E-state index in [9.17, 15) is 15.0 Å². The zero-order valence-corrected chi connectivity index (χ0v) is 25.3. The number of benzene rings is 3. The van der Waals surface area contributed by atoms with E-state index in [-0.39, 0.29) is 51.4 Å². The number of hydrogen-bond acceptors (Lipinski definition) is 5. The van der Waals surface area contributed by atoms with Crippen molar-refractivity contribution in [2.75, 3.05) is 13.6 Å². The summed E-state index contributed by atoms with van der Waals surface area (Å²) in [5.41, 5.74) is 0.329. The summed E-state index contributed by atoms with van der Waals surface area (Å²) in [5.74, 6) is -2.12. The Hall–Kier alpha value is -3.04. The maximum atomic E-state index is 16.6. The number of nitrogens with one attached hydrogen (secondary N) is 2. The van der Waals surface area contributed by atoms with Gasteiger partial charge in [0.25, 0.3) is 5.91 Å². The van der Waals surface area contributed by atoms with Gasteiger partial charge in [-0.2, -0.15) is 0 Å². The van der Waals surface area contributed by atoms with Crippen LogP contribution in [0.25, 0.3) is 11.1 Å². The number of carbonyl (C=O) groups is 1. The third-order valence-corrected chi connectivity index (χ3v) is 9.95. The quantitative estimate of drug-likeness (QED) is 0.276. The predicted molar refractivity (Wildman–Crippen MR) is 161 cm³/mol. The van der Waals surface area contributed by atoms with E-state index >= 15 is 8.78 Å². The molecular weight excluding hydrogens is 574 g/mol. The lowest BCUT2D eigenvalue weighted by Crippen LogP contribution is -2.48. The lowest BCUT2D eigenvalue weighted by atomic mass is 9.82. The lowest BCUT2D eigenvalue weighted by Gasteiger charge is -2.36. The Morgan fingerprint density at radius 1 is 1.14 bits per heavy atom. The van der Waals surface area contributed by atoms with Crippen LogP contribution in [0.15, 0.2) is 42.5 Å². The summed E-state index contributed by atoms with van der Waals surface area (Å²) < 4.78 is 38.8. The summed E-state index contributed by atoms with van der Waals surface area (Å²) in [4.78, 5) is 13.2. The highest BCUT2D eigenvalue weighted by atomic mass is 35.5. The second-order valence-electron chi connectivity index (χ2n) is 12.7. The Morgan fingerprint density at radius 2 is 1.84 bits per heavy atom. The van der Waals surface area contributed by atoms with Crippen LogP contribution in [0.1, 0.15) is 78.2 Å². The molecule has 3 aliphatic rings. The summed E-state index contributed by atoms with van der Waals surface area (Å²) in [6.45, 7) is 4.05. The van der Waals surface area contributed by atoms with Crippen LogP contribution in [0, 0.1) is 17.6 Å². The minimum atomic E-state index is -1.06. The van der Waals surface area contributed by atoms with Crippen molar-refractivity contribution in [3.05, 3.63) is 86.9 Å². The van der Waals surface area contributed by atoms with E-state index in [4.69, 9.17) is 16.3 Å². The highest BCUT2D eigenvalue weighted by Gasteiger charge is 2.45. The molecule has 1 fully saturated rings. The van der Waals surface area contributed by atoms with E-state index < -0.39 is 34.8 Å². The number of amides is 1. The smallest absolute Gasteiger partial charge is 0.251 e. The van der Waals surface area contributed by atoms with Crippen LogP contribution in [0.3, 0.4) is 0 Å². The lowest BCUT2D eigenvalue weighted by molar-refractivity contribution is 0.0104. The number of aliphatic hydroxyl groups is 2. The second-order valence-corrected chi connectivity index (χ2v) is 13.1. The van der Waals surface area contributed by atoms with Gasteiger partial charge in [0.1, 0.15) is 17.4 Å². The average molecular weight is 611 g/mol. The molecule has 228 valence electrons. The van der Waals surface area contributed by atoms with Crippen molar-refractivity contribution in [2.45, 2.75) is 75.7 Å². The number of aliphatic hydroxyl groups excluding tert-OH is 1. The first kappa shape index (κ1) is 30.0. The van der Waals surface area contributed by atoms with Gasteiger partial charge in [0.05, 0.1) is 22.3 Å². The molecule has 3 aromatic rings. The van der Waals surface area contributed by atoms with Gasteiger partial charge in [-0.1, -0.05) is 48.9 Å². The standard InChI is InChI=1S/C34H37ClF2N2O4/c1-18-13-19-14-22(32(41)38-3)28(30(37)26(19)31(18)40)27-23-16-34(20-7-5-4-6-8-20,43-25(23)15-24(36)29(27)35)17-39-21-9-11-33(2,42)12-10-21/h4-8,14-15,18,21,31,39-40,42H,9-13,16-17H2,1-3H3,(H,38,41)/t18-,21-,31-,33-,34-/m1/s1. The van der Waals surface area contributed by atoms with E-state index in [1.165, 1.54) is 13.1 Å². The molecule has 1 heterocycles. The average Bonchev–Trinajstić information content (AvgIpc) is 3.50. The molecule has 0 saturated heterocycles.